The van der Waals surface area contributed by atoms with Crippen molar-refractivity contribution in [2.45, 2.75) is 19.4 Å². The first-order chi connectivity index (χ1) is 9.69. The molecule has 1 aliphatic rings. The zero-order valence-corrected chi connectivity index (χ0v) is 11.8. The van der Waals surface area contributed by atoms with Crippen LogP contribution in [-0.4, -0.2) is 12.5 Å². The number of nitrogens with one attached hydrogen (secondary N) is 2. The van der Waals surface area contributed by atoms with Gasteiger partial charge < -0.3 is 15.1 Å². The normalized spacial score (nSPS) is 15.0. The molecule has 1 aromatic carbocycles. The molecule has 0 radical (unpaired) electrons. The Morgan fingerprint density at radius 3 is 3.05 bits per heavy atom. The van der Waals surface area contributed by atoms with Crippen LogP contribution in [-0.2, 0) is 11.2 Å². The van der Waals surface area contributed by atoms with Crippen molar-refractivity contribution >= 4 is 23.2 Å². The van der Waals surface area contributed by atoms with Crippen LogP contribution in [0.15, 0.2) is 35.1 Å². The van der Waals surface area contributed by atoms with E-state index in [0.29, 0.717) is 11.4 Å². The van der Waals surface area contributed by atoms with Gasteiger partial charge in [-0.2, -0.15) is 0 Å². The molecule has 1 unspecified atom stereocenters. The van der Waals surface area contributed by atoms with Crippen LogP contribution in [0.2, 0.25) is 5.02 Å². The summed E-state index contributed by atoms with van der Waals surface area (Å²) in [5, 5.41) is 6.84. The van der Waals surface area contributed by atoms with E-state index < -0.39 is 0 Å². The molecule has 0 spiro atoms. The quantitative estimate of drug-likeness (QED) is 0.909. The van der Waals surface area contributed by atoms with Gasteiger partial charge in [0.15, 0.2) is 0 Å². The van der Waals surface area contributed by atoms with Crippen molar-refractivity contribution in [2.75, 3.05) is 11.9 Å². The van der Waals surface area contributed by atoms with E-state index in [1.807, 2.05) is 25.1 Å². The van der Waals surface area contributed by atoms with Crippen LogP contribution in [0.5, 0.6) is 0 Å². The molecule has 2 N–H and O–H groups in total. The number of carbonyl (C=O) groups is 1. The molecule has 0 fully saturated rings. The molecule has 0 aliphatic carbocycles. The molecular formula is C15H15ClN2O2. The van der Waals surface area contributed by atoms with Crippen LogP contribution in [0.4, 0.5) is 5.69 Å². The van der Waals surface area contributed by atoms with Crippen LogP contribution in [0, 0.1) is 0 Å². The number of rotatable bonds is 4. The van der Waals surface area contributed by atoms with Crippen LogP contribution >= 0.6 is 11.6 Å². The second-order valence-corrected chi connectivity index (χ2v) is 5.21. The number of hydrogen-bond donors (Lipinski definition) is 2. The second kappa shape index (κ2) is 5.31. The Balaban J connectivity index is 2.04. The van der Waals surface area contributed by atoms with E-state index in [4.69, 9.17) is 16.0 Å². The van der Waals surface area contributed by atoms with E-state index in [9.17, 15) is 4.79 Å². The van der Waals surface area contributed by atoms with Crippen molar-refractivity contribution in [1.29, 1.82) is 0 Å². The highest BCUT2D eigenvalue weighted by Gasteiger charge is 2.23. The van der Waals surface area contributed by atoms with Crippen LogP contribution in [0.1, 0.15) is 29.7 Å². The van der Waals surface area contributed by atoms with E-state index in [-0.39, 0.29) is 11.9 Å². The lowest BCUT2D eigenvalue weighted by Gasteiger charge is -2.19. The summed E-state index contributed by atoms with van der Waals surface area (Å²) in [6, 6.07) is 5.70. The molecule has 1 atom stereocenters. The molecule has 2 aromatic rings. The van der Waals surface area contributed by atoms with Crippen LogP contribution in [0.25, 0.3) is 0 Å². The van der Waals surface area contributed by atoms with Gasteiger partial charge in [-0.3, -0.25) is 4.79 Å². The van der Waals surface area contributed by atoms with Crippen molar-refractivity contribution in [2.24, 2.45) is 0 Å². The highest BCUT2D eigenvalue weighted by Crippen LogP contribution is 2.35. The Labute approximate surface area is 122 Å². The fourth-order valence-corrected chi connectivity index (χ4v) is 2.81. The Morgan fingerprint density at radius 1 is 1.50 bits per heavy atom. The maximum absolute atomic E-state index is 11.5. The van der Waals surface area contributed by atoms with Gasteiger partial charge in [0, 0.05) is 16.3 Å². The van der Waals surface area contributed by atoms with Crippen molar-refractivity contribution in [1.82, 2.24) is 5.32 Å². The van der Waals surface area contributed by atoms with Crippen molar-refractivity contribution in [3.05, 3.63) is 52.4 Å². The first-order valence-electron chi connectivity index (χ1n) is 6.56. The van der Waals surface area contributed by atoms with Gasteiger partial charge in [-0.1, -0.05) is 18.5 Å². The van der Waals surface area contributed by atoms with Crippen molar-refractivity contribution in [3.63, 3.8) is 0 Å². The van der Waals surface area contributed by atoms with Gasteiger partial charge in [0.05, 0.1) is 25.0 Å². The Morgan fingerprint density at radius 2 is 2.35 bits per heavy atom. The highest BCUT2D eigenvalue weighted by molar-refractivity contribution is 6.32. The summed E-state index contributed by atoms with van der Waals surface area (Å²) < 4.78 is 5.16. The van der Waals surface area contributed by atoms with E-state index >= 15 is 0 Å². The predicted octanol–water partition coefficient (Wildman–Crippen LogP) is 3.13. The van der Waals surface area contributed by atoms with Gasteiger partial charge in [-0.05, 0) is 35.9 Å². The average Bonchev–Trinajstić information content (AvgIpc) is 3.03. The lowest BCUT2D eigenvalue weighted by molar-refractivity contribution is -0.115. The lowest BCUT2D eigenvalue weighted by Crippen LogP contribution is -2.22. The first-order valence-corrected chi connectivity index (χ1v) is 6.94. The lowest BCUT2D eigenvalue weighted by atomic mass is 9.98. The van der Waals surface area contributed by atoms with E-state index in [2.05, 4.69) is 10.6 Å². The van der Waals surface area contributed by atoms with Gasteiger partial charge in [-0.15, -0.1) is 0 Å². The third-order valence-electron chi connectivity index (χ3n) is 3.44. The summed E-state index contributed by atoms with van der Waals surface area (Å²) in [6.07, 6.45) is 3.76. The van der Waals surface area contributed by atoms with Gasteiger partial charge in [0.1, 0.15) is 0 Å². The molecule has 0 bridgehead atoms. The number of benzene rings is 1. The summed E-state index contributed by atoms with van der Waals surface area (Å²) in [5.74, 6) is 0.0107. The molecule has 104 valence electrons. The summed E-state index contributed by atoms with van der Waals surface area (Å²) in [6.45, 7) is 2.85. The molecule has 1 aromatic heterocycles. The van der Waals surface area contributed by atoms with Crippen molar-refractivity contribution < 1.29 is 9.21 Å². The molecule has 3 rings (SSSR count). The molecule has 20 heavy (non-hydrogen) atoms. The van der Waals surface area contributed by atoms with Gasteiger partial charge in [-0.25, -0.2) is 0 Å². The predicted molar refractivity (Wildman–Crippen MR) is 78.0 cm³/mol. The molecule has 1 amide bonds. The summed E-state index contributed by atoms with van der Waals surface area (Å²) in [5.41, 5.74) is 3.78. The number of hydrogen-bond acceptors (Lipinski definition) is 3. The first kappa shape index (κ1) is 13.2. The minimum absolute atomic E-state index is 0.0107. The third-order valence-corrected chi connectivity index (χ3v) is 3.77. The maximum Gasteiger partial charge on any atom is 0.228 e. The Bertz CT molecular complexity index is 638. The van der Waals surface area contributed by atoms with Gasteiger partial charge in [0.25, 0.3) is 0 Å². The maximum atomic E-state index is 11.5. The third kappa shape index (κ3) is 2.32. The SMILES string of the molecule is CCNC(c1ccoc1)c1cc2c(cc1Cl)NC(=O)C2. The summed E-state index contributed by atoms with van der Waals surface area (Å²) in [4.78, 5) is 11.5. The number of anilines is 1. The number of fused-ring (bicyclic) bond motifs is 1. The number of amides is 1. The minimum Gasteiger partial charge on any atom is -0.472 e. The minimum atomic E-state index is -0.0350. The standard InChI is InChI=1S/C15H15ClN2O2/c1-2-17-15(9-3-4-20-8-9)11-5-10-6-14(19)18-13(10)7-12(11)16/h3-5,7-8,15,17H,2,6H2,1H3,(H,18,19). The molecule has 4 nitrogen and oxygen atoms in total. The molecule has 1 aliphatic heterocycles. The molecule has 0 saturated carbocycles. The zero-order chi connectivity index (χ0) is 14.1. The molecule has 0 saturated heterocycles. The zero-order valence-electron chi connectivity index (χ0n) is 11.1. The van der Waals surface area contributed by atoms with E-state index in [1.54, 1.807) is 12.5 Å². The molecular weight excluding hydrogens is 276 g/mol. The number of furan rings is 1. The van der Waals surface area contributed by atoms with Gasteiger partial charge in [0.2, 0.25) is 5.91 Å². The van der Waals surface area contributed by atoms with Crippen LogP contribution in [0.3, 0.4) is 0 Å². The summed E-state index contributed by atoms with van der Waals surface area (Å²) >= 11 is 6.38. The fourth-order valence-electron chi connectivity index (χ4n) is 2.54. The van der Waals surface area contributed by atoms with Crippen molar-refractivity contribution in [3.8, 4) is 0 Å². The number of carbonyl (C=O) groups excluding carboxylic acids is 1. The van der Waals surface area contributed by atoms with Crippen LogP contribution < -0.4 is 10.6 Å². The number of halogens is 1. The van der Waals surface area contributed by atoms with E-state index in [0.717, 1.165) is 28.9 Å². The summed E-state index contributed by atoms with van der Waals surface area (Å²) in [7, 11) is 0. The highest BCUT2D eigenvalue weighted by atomic mass is 35.5. The second-order valence-electron chi connectivity index (χ2n) is 4.80. The largest absolute Gasteiger partial charge is 0.472 e. The Kier molecular flexibility index (Phi) is 3.51. The fraction of sp³-hybridized carbons (Fsp3) is 0.267. The molecule has 5 heteroatoms. The Hall–Kier alpha value is -1.78. The topological polar surface area (TPSA) is 54.3 Å². The monoisotopic (exact) mass is 290 g/mol. The van der Waals surface area contributed by atoms with E-state index in [1.165, 1.54) is 0 Å². The smallest absolute Gasteiger partial charge is 0.228 e. The molecule has 2 heterocycles. The average molecular weight is 291 g/mol. The van der Waals surface area contributed by atoms with Gasteiger partial charge >= 0.3 is 0 Å².